The van der Waals surface area contributed by atoms with Gasteiger partial charge in [-0.1, -0.05) is 34.6 Å². The van der Waals surface area contributed by atoms with Crippen LogP contribution in [0.4, 0.5) is 0 Å². The smallest absolute Gasteiger partial charge is 0.219 e. The lowest BCUT2D eigenvalue weighted by molar-refractivity contribution is -0.130. The first-order valence-electron chi connectivity index (χ1n) is 7.61. The van der Waals surface area contributed by atoms with Crippen LogP contribution in [-0.2, 0) is 4.79 Å². The van der Waals surface area contributed by atoms with Crippen molar-refractivity contribution >= 4 is 5.91 Å². The van der Waals surface area contributed by atoms with Crippen molar-refractivity contribution in [2.24, 2.45) is 0 Å². The summed E-state index contributed by atoms with van der Waals surface area (Å²) in [5.41, 5.74) is 0. The minimum atomic E-state index is 0.193. The standard InChI is InChI=1S/C11H22N2O.2C2H6/c1-4-7-13-8-5-11(6-9-13)12(3)10(2)14;2*1-2/h11H,4-9H2,1-3H3;2*1-2H3. The Labute approximate surface area is 115 Å². The first-order chi connectivity index (χ1) is 8.65. The van der Waals surface area contributed by atoms with Crippen LogP contribution in [0.15, 0.2) is 0 Å². The molecule has 0 aliphatic carbocycles. The van der Waals surface area contributed by atoms with Gasteiger partial charge in [-0.2, -0.15) is 0 Å². The Hall–Kier alpha value is -0.570. The van der Waals surface area contributed by atoms with Gasteiger partial charge >= 0.3 is 0 Å². The topological polar surface area (TPSA) is 23.6 Å². The third-order valence-electron chi connectivity index (χ3n) is 3.14. The molecule has 0 aromatic rings. The van der Waals surface area contributed by atoms with Crippen molar-refractivity contribution in [3.8, 4) is 0 Å². The van der Waals surface area contributed by atoms with Crippen LogP contribution < -0.4 is 0 Å². The average molecular weight is 258 g/mol. The van der Waals surface area contributed by atoms with Crippen molar-refractivity contribution in [1.82, 2.24) is 9.80 Å². The Morgan fingerprint density at radius 3 is 1.94 bits per heavy atom. The first-order valence-corrected chi connectivity index (χ1v) is 7.61. The summed E-state index contributed by atoms with van der Waals surface area (Å²) in [4.78, 5) is 15.5. The second kappa shape index (κ2) is 12.9. The Morgan fingerprint density at radius 2 is 1.61 bits per heavy atom. The monoisotopic (exact) mass is 258 g/mol. The maximum Gasteiger partial charge on any atom is 0.219 e. The van der Waals surface area contributed by atoms with E-state index in [0.717, 1.165) is 25.9 Å². The highest BCUT2D eigenvalue weighted by Gasteiger charge is 2.22. The lowest BCUT2D eigenvalue weighted by Crippen LogP contribution is -2.45. The summed E-state index contributed by atoms with van der Waals surface area (Å²) in [6, 6.07) is 0.473. The fourth-order valence-corrected chi connectivity index (χ4v) is 2.10. The van der Waals surface area contributed by atoms with E-state index in [9.17, 15) is 4.79 Å². The molecule has 1 amide bonds. The van der Waals surface area contributed by atoms with Crippen molar-refractivity contribution < 1.29 is 4.79 Å². The van der Waals surface area contributed by atoms with Crippen molar-refractivity contribution in [3.63, 3.8) is 0 Å². The van der Waals surface area contributed by atoms with E-state index in [4.69, 9.17) is 0 Å². The second-order valence-electron chi connectivity index (χ2n) is 4.20. The molecule has 18 heavy (non-hydrogen) atoms. The zero-order chi connectivity index (χ0) is 14.6. The Kier molecular flexibility index (Phi) is 14.1. The second-order valence-corrected chi connectivity index (χ2v) is 4.20. The van der Waals surface area contributed by atoms with Gasteiger partial charge in [0.05, 0.1) is 0 Å². The summed E-state index contributed by atoms with van der Waals surface area (Å²) < 4.78 is 0. The number of carbonyl (C=O) groups excluding carboxylic acids is 1. The number of carbonyl (C=O) groups is 1. The lowest BCUT2D eigenvalue weighted by Gasteiger charge is -2.36. The van der Waals surface area contributed by atoms with E-state index >= 15 is 0 Å². The fraction of sp³-hybridized carbons (Fsp3) is 0.933. The molecular weight excluding hydrogens is 224 g/mol. The Morgan fingerprint density at radius 1 is 1.17 bits per heavy atom. The number of nitrogens with zero attached hydrogens (tertiary/aromatic N) is 2. The molecule has 0 saturated carbocycles. The van der Waals surface area contributed by atoms with Crippen molar-refractivity contribution in [2.75, 3.05) is 26.7 Å². The summed E-state index contributed by atoms with van der Waals surface area (Å²) in [5.74, 6) is 0.193. The Balaban J connectivity index is 0. The molecular formula is C15H34N2O. The van der Waals surface area contributed by atoms with E-state index in [0.29, 0.717) is 6.04 Å². The van der Waals surface area contributed by atoms with E-state index in [1.54, 1.807) is 6.92 Å². The number of amides is 1. The van der Waals surface area contributed by atoms with Gasteiger partial charge in [0, 0.05) is 33.1 Å². The van der Waals surface area contributed by atoms with Gasteiger partial charge in [0.2, 0.25) is 5.91 Å². The summed E-state index contributed by atoms with van der Waals surface area (Å²) in [6.07, 6.45) is 3.50. The minimum absolute atomic E-state index is 0.193. The Bertz CT molecular complexity index is 187. The van der Waals surface area contributed by atoms with Crippen LogP contribution in [0.2, 0.25) is 0 Å². The number of hydrogen-bond acceptors (Lipinski definition) is 2. The van der Waals surface area contributed by atoms with Gasteiger partial charge in [0.1, 0.15) is 0 Å². The molecule has 3 heteroatoms. The molecule has 0 aromatic heterocycles. The van der Waals surface area contributed by atoms with Gasteiger partial charge in [0.15, 0.2) is 0 Å². The third kappa shape index (κ3) is 7.70. The molecule has 1 aliphatic heterocycles. The van der Waals surface area contributed by atoms with E-state index < -0.39 is 0 Å². The molecule has 1 heterocycles. The molecule has 1 saturated heterocycles. The molecule has 0 radical (unpaired) electrons. The molecule has 110 valence electrons. The minimum Gasteiger partial charge on any atom is -0.343 e. The van der Waals surface area contributed by atoms with Crippen LogP contribution in [0.5, 0.6) is 0 Å². The van der Waals surface area contributed by atoms with E-state index in [1.807, 2.05) is 39.6 Å². The highest BCUT2D eigenvalue weighted by Crippen LogP contribution is 2.15. The molecule has 0 unspecified atom stereocenters. The quantitative estimate of drug-likeness (QED) is 0.774. The van der Waals surface area contributed by atoms with Gasteiger partial charge in [-0.25, -0.2) is 0 Å². The van der Waals surface area contributed by atoms with Crippen molar-refractivity contribution in [2.45, 2.75) is 66.8 Å². The zero-order valence-electron chi connectivity index (χ0n) is 13.6. The lowest BCUT2D eigenvalue weighted by atomic mass is 10.0. The number of piperidine rings is 1. The first kappa shape index (κ1) is 19.8. The average Bonchev–Trinajstić information content (AvgIpc) is 2.43. The van der Waals surface area contributed by atoms with Gasteiger partial charge in [-0.05, 0) is 25.8 Å². The number of rotatable bonds is 3. The van der Waals surface area contributed by atoms with Crippen LogP contribution in [0.1, 0.15) is 60.8 Å². The van der Waals surface area contributed by atoms with Gasteiger partial charge < -0.3 is 9.80 Å². The maximum absolute atomic E-state index is 11.2. The fourth-order valence-electron chi connectivity index (χ4n) is 2.10. The van der Waals surface area contributed by atoms with Crippen molar-refractivity contribution in [1.29, 1.82) is 0 Å². The van der Waals surface area contributed by atoms with Gasteiger partial charge in [0.25, 0.3) is 0 Å². The maximum atomic E-state index is 11.2. The van der Waals surface area contributed by atoms with Crippen LogP contribution >= 0.6 is 0 Å². The van der Waals surface area contributed by atoms with Crippen LogP contribution in [0.3, 0.4) is 0 Å². The molecule has 3 nitrogen and oxygen atoms in total. The molecule has 1 aliphatic rings. The molecule has 0 spiro atoms. The highest BCUT2D eigenvalue weighted by molar-refractivity contribution is 5.73. The summed E-state index contributed by atoms with van der Waals surface area (Å²) in [7, 11) is 1.92. The highest BCUT2D eigenvalue weighted by atomic mass is 16.2. The van der Waals surface area contributed by atoms with Crippen molar-refractivity contribution in [3.05, 3.63) is 0 Å². The van der Waals surface area contributed by atoms with Gasteiger partial charge in [-0.3, -0.25) is 4.79 Å². The van der Waals surface area contributed by atoms with Gasteiger partial charge in [-0.15, -0.1) is 0 Å². The zero-order valence-corrected chi connectivity index (χ0v) is 13.6. The summed E-state index contributed by atoms with van der Waals surface area (Å²) >= 11 is 0. The van der Waals surface area contributed by atoms with Crippen LogP contribution in [0, 0.1) is 0 Å². The number of likely N-dealkylation sites (tertiary alicyclic amines) is 1. The predicted octanol–water partition coefficient (Wildman–Crippen LogP) is 3.39. The van der Waals surface area contributed by atoms with Crippen LogP contribution in [0.25, 0.3) is 0 Å². The molecule has 0 N–H and O–H groups in total. The van der Waals surface area contributed by atoms with E-state index in [2.05, 4.69) is 11.8 Å². The normalized spacial score (nSPS) is 15.9. The molecule has 1 rings (SSSR count). The predicted molar refractivity (Wildman–Crippen MR) is 80.9 cm³/mol. The van der Waals surface area contributed by atoms with E-state index in [1.165, 1.54) is 13.0 Å². The van der Waals surface area contributed by atoms with Crippen LogP contribution in [-0.4, -0.2) is 48.4 Å². The summed E-state index contributed by atoms with van der Waals surface area (Å²) in [5, 5.41) is 0. The molecule has 0 bridgehead atoms. The molecule has 0 atom stereocenters. The SMILES string of the molecule is CC.CC.CCCN1CCC(N(C)C(C)=O)CC1. The third-order valence-corrected chi connectivity index (χ3v) is 3.14. The number of hydrogen-bond donors (Lipinski definition) is 0. The van der Waals surface area contributed by atoms with E-state index in [-0.39, 0.29) is 5.91 Å². The molecule has 1 fully saturated rings. The summed E-state index contributed by atoms with van der Waals surface area (Å²) in [6.45, 7) is 15.4. The largest absolute Gasteiger partial charge is 0.343 e. The molecule has 0 aromatic carbocycles.